The number of hydrogen-bond donors (Lipinski definition) is 0. The van der Waals surface area contributed by atoms with Gasteiger partial charge in [-0.05, 0) is 35.9 Å². The Hall–Kier alpha value is -3.98. The summed E-state index contributed by atoms with van der Waals surface area (Å²) in [5.41, 5.74) is 2.72. The number of hydrogen-bond acceptors (Lipinski definition) is 6. The van der Waals surface area contributed by atoms with Gasteiger partial charge in [0.05, 0.1) is 37.3 Å². The molecule has 0 N–H and O–H groups in total. The fraction of sp³-hybridized carbons (Fsp3) is 0.0952. The minimum absolute atomic E-state index is 0.220. The van der Waals surface area contributed by atoms with Gasteiger partial charge < -0.3 is 4.74 Å². The zero-order valence-electron chi connectivity index (χ0n) is 16.4. The summed E-state index contributed by atoms with van der Waals surface area (Å²) in [4.78, 5) is 21.1. The fourth-order valence-corrected chi connectivity index (χ4v) is 3.42. The third-order valence-electron chi connectivity index (χ3n) is 4.81. The Kier molecular flexibility index (Phi) is 4.72. The van der Waals surface area contributed by atoms with Gasteiger partial charge in [0.1, 0.15) is 12.0 Å². The summed E-state index contributed by atoms with van der Waals surface area (Å²) in [5.74, 6) is 0. The van der Waals surface area contributed by atoms with Crippen molar-refractivity contribution in [2.45, 2.75) is 6.54 Å². The first-order valence-corrected chi connectivity index (χ1v) is 9.73. The van der Waals surface area contributed by atoms with E-state index >= 15 is 0 Å². The lowest BCUT2D eigenvalue weighted by Gasteiger charge is -2.04. The van der Waals surface area contributed by atoms with E-state index in [9.17, 15) is 4.79 Å². The van der Waals surface area contributed by atoms with E-state index in [1.165, 1.54) is 22.7 Å². The Balaban J connectivity index is 1.54. The molecule has 0 bridgehead atoms. The maximum absolute atomic E-state index is 13.1. The summed E-state index contributed by atoms with van der Waals surface area (Å²) in [6, 6.07) is 13.0. The van der Waals surface area contributed by atoms with Crippen molar-refractivity contribution in [3.8, 4) is 17.4 Å². The largest absolute Gasteiger partial charge is 0.467 e. The topological polar surface area (TPSA) is 92.7 Å². The Labute approximate surface area is 181 Å². The minimum Gasteiger partial charge on any atom is -0.467 e. The monoisotopic (exact) mass is 433 g/mol. The van der Waals surface area contributed by atoms with Crippen molar-refractivity contribution in [3.05, 3.63) is 88.5 Å². The van der Waals surface area contributed by atoms with E-state index in [2.05, 4.69) is 20.2 Å². The standard InChI is InChI=1S/C21H16ClN7O2/c1-31-20-26-29(21(30)27(20)11-14-2-4-16(22)5-3-14)17-6-7-19-15(8-17)12-28(25-19)18-9-23-13-24-10-18/h2-10,12-13H,11H2,1H3. The van der Waals surface area contributed by atoms with Crippen LogP contribution in [0.5, 0.6) is 6.01 Å². The molecule has 0 spiro atoms. The number of nitrogens with zero attached hydrogens (tertiary/aromatic N) is 7. The molecule has 10 heteroatoms. The predicted octanol–water partition coefficient (Wildman–Crippen LogP) is 2.87. The maximum Gasteiger partial charge on any atom is 0.353 e. The quantitative estimate of drug-likeness (QED) is 0.423. The molecule has 5 aromatic rings. The van der Waals surface area contributed by atoms with E-state index in [-0.39, 0.29) is 11.7 Å². The molecule has 0 aliphatic heterocycles. The van der Waals surface area contributed by atoms with Crippen molar-refractivity contribution in [2.75, 3.05) is 7.11 Å². The number of methoxy groups -OCH3 is 1. The van der Waals surface area contributed by atoms with Crippen LogP contribution in [-0.2, 0) is 6.54 Å². The van der Waals surface area contributed by atoms with Gasteiger partial charge in [0.15, 0.2) is 0 Å². The van der Waals surface area contributed by atoms with E-state index in [0.29, 0.717) is 17.3 Å². The molecule has 31 heavy (non-hydrogen) atoms. The summed E-state index contributed by atoms with van der Waals surface area (Å²) in [5, 5.41) is 10.4. The molecule has 2 aromatic carbocycles. The highest BCUT2D eigenvalue weighted by Crippen LogP contribution is 2.19. The molecule has 0 saturated heterocycles. The second-order valence-corrected chi connectivity index (χ2v) is 7.24. The second-order valence-electron chi connectivity index (χ2n) is 6.81. The predicted molar refractivity (Wildman–Crippen MR) is 115 cm³/mol. The van der Waals surface area contributed by atoms with Gasteiger partial charge in [-0.1, -0.05) is 23.7 Å². The molecule has 0 saturated carbocycles. The van der Waals surface area contributed by atoms with Crippen molar-refractivity contribution in [2.24, 2.45) is 0 Å². The lowest BCUT2D eigenvalue weighted by molar-refractivity contribution is 0.357. The number of ether oxygens (including phenoxy) is 1. The molecule has 3 aromatic heterocycles. The summed E-state index contributed by atoms with van der Waals surface area (Å²) in [6.07, 6.45) is 6.66. The molecule has 0 aliphatic rings. The zero-order chi connectivity index (χ0) is 21.4. The first-order valence-electron chi connectivity index (χ1n) is 9.36. The number of rotatable bonds is 5. The van der Waals surface area contributed by atoms with Gasteiger partial charge >= 0.3 is 11.7 Å². The molecule has 0 radical (unpaired) electrons. The van der Waals surface area contributed by atoms with Crippen LogP contribution in [0.3, 0.4) is 0 Å². The molecule has 0 atom stereocenters. The van der Waals surface area contributed by atoms with Crippen LogP contribution >= 0.6 is 11.6 Å². The van der Waals surface area contributed by atoms with Gasteiger partial charge in [0.25, 0.3) is 0 Å². The Bertz CT molecular complexity index is 1420. The van der Waals surface area contributed by atoms with Crippen molar-refractivity contribution >= 4 is 22.5 Å². The van der Waals surface area contributed by atoms with Gasteiger partial charge in [-0.15, -0.1) is 5.10 Å². The third kappa shape index (κ3) is 3.55. The lowest BCUT2D eigenvalue weighted by atomic mass is 10.2. The van der Waals surface area contributed by atoms with E-state index in [1.54, 1.807) is 35.3 Å². The smallest absolute Gasteiger partial charge is 0.353 e. The molecule has 5 rings (SSSR count). The van der Waals surface area contributed by atoms with E-state index < -0.39 is 0 Å². The van der Waals surface area contributed by atoms with Crippen LogP contribution in [0.25, 0.3) is 22.3 Å². The molecule has 0 unspecified atom stereocenters. The Morgan fingerprint density at radius 1 is 1.00 bits per heavy atom. The minimum atomic E-state index is -0.310. The molecule has 0 fully saturated rings. The number of halogens is 1. The van der Waals surface area contributed by atoms with Crippen molar-refractivity contribution in [1.29, 1.82) is 0 Å². The highest BCUT2D eigenvalue weighted by Gasteiger charge is 2.16. The third-order valence-corrected chi connectivity index (χ3v) is 5.06. The second kappa shape index (κ2) is 7.69. The van der Waals surface area contributed by atoms with Crippen molar-refractivity contribution < 1.29 is 4.74 Å². The molecule has 9 nitrogen and oxygen atoms in total. The first kappa shape index (κ1) is 19.0. The molecular formula is C21H16ClN7O2. The number of aromatic nitrogens is 7. The van der Waals surface area contributed by atoms with Crippen LogP contribution in [0.15, 0.2) is 72.2 Å². The summed E-state index contributed by atoms with van der Waals surface area (Å²) < 4.78 is 9.83. The molecule has 0 aliphatic carbocycles. The van der Waals surface area contributed by atoms with Crippen LogP contribution in [-0.4, -0.2) is 41.2 Å². The molecule has 154 valence electrons. The average molecular weight is 434 g/mol. The zero-order valence-corrected chi connectivity index (χ0v) is 17.1. The summed E-state index contributed by atoms with van der Waals surface area (Å²) in [6.45, 7) is 0.313. The van der Waals surface area contributed by atoms with Crippen LogP contribution in [0, 0.1) is 0 Å². The Morgan fingerprint density at radius 3 is 2.52 bits per heavy atom. The summed E-state index contributed by atoms with van der Waals surface area (Å²) in [7, 11) is 1.49. The molecular weight excluding hydrogens is 418 g/mol. The van der Waals surface area contributed by atoms with Crippen molar-refractivity contribution in [3.63, 3.8) is 0 Å². The van der Waals surface area contributed by atoms with Gasteiger partial charge in [0, 0.05) is 16.6 Å². The van der Waals surface area contributed by atoms with Crippen LogP contribution in [0.2, 0.25) is 5.02 Å². The van der Waals surface area contributed by atoms with Gasteiger partial charge in [-0.2, -0.15) is 9.78 Å². The van der Waals surface area contributed by atoms with E-state index in [4.69, 9.17) is 16.3 Å². The van der Waals surface area contributed by atoms with Gasteiger partial charge in [-0.25, -0.2) is 24.0 Å². The lowest BCUT2D eigenvalue weighted by Crippen LogP contribution is -2.24. The number of benzene rings is 2. The average Bonchev–Trinajstić information content (AvgIpc) is 3.36. The highest BCUT2D eigenvalue weighted by atomic mass is 35.5. The molecule has 3 heterocycles. The van der Waals surface area contributed by atoms with Crippen molar-refractivity contribution in [1.82, 2.24) is 34.1 Å². The first-order chi connectivity index (χ1) is 15.1. The number of fused-ring (bicyclic) bond motifs is 1. The molecule has 0 amide bonds. The SMILES string of the molecule is COc1nn(-c2ccc3nn(-c4cncnc4)cc3c2)c(=O)n1Cc1ccc(Cl)cc1. The Morgan fingerprint density at radius 2 is 1.77 bits per heavy atom. The highest BCUT2D eigenvalue weighted by molar-refractivity contribution is 6.30. The normalized spacial score (nSPS) is 11.2. The van der Waals surface area contributed by atoms with Crippen LogP contribution in [0.4, 0.5) is 0 Å². The van der Waals surface area contributed by atoms with Crippen LogP contribution in [0.1, 0.15) is 5.56 Å². The van der Waals surface area contributed by atoms with Gasteiger partial charge in [0.2, 0.25) is 0 Å². The van der Waals surface area contributed by atoms with E-state index in [1.807, 2.05) is 30.5 Å². The fourth-order valence-electron chi connectivity index (χ4n) is 3.29. The van der Waals surface area contributed by atoms with Gasteiger partial charge in [-0.3, -0.25) is 0 Å². The maximum atomic E-state index is 13.1. The summed E-state index contributed by atoms with van der Waals surface area (Å²) >= 11 is 5.95. The van der Waals surface area contributed by atoms with E-state index in [0.717, 1.165) is 22.2 Å². The van der Waals surface area contributed by atoms with Crippen LogP contribution < -0.4 is 10.4 Å².